The minimum absolute atomic E-state index is 0.0996. The molecule has 0 aromatic heterocycles. The van der Waals surface area contributed by atoms with Gasteiger partial charge in [0.2, 0.25) is 5.90 Å². The van der Waals surface area contributed by atoms with Crippen molar-refractivity contribution >= 4 is 11.9 Å². The summed E-state index contributed by atoms with van der Waals surface area (Å²) in [5.74, 6) is 2.91. The first-order chi connectivity index (χ1) is 10.7. The number of nitrogens with zero attached hydrogens (tertiary/aromatic N) is 1. The minimum Gasteiger partial charge on any atom is -0.406 e. The summed E-state index contributed by atoms with van der Waals surface area (Å²) in [5.41, 5.74) is 1.02. The fraction of sp³-hybridized carbons (Fsp3) is 0.579. The van der Waals surface area contributed by atoms with Crippen molar-refractivity contribution in [3.8, 4) is 0 Å². The van der Waals surface area contributed by atoms with Gasteiger partial charge in [0.25, 0.3) is 0 Å². The molecule has 22 heavy (non-hydrogen) atoms. The molecule has 4 aliphatic carbocycles. The molecule has 0 radical (unpaired) electrons. The van der Waals surface area contributed by atoms with Crippen molar-refractivity contribution in [2.45, 2.75) is 44.6 Å². The number of carbonyl (C=O) groups is 1. The van der Waals surface area contributed by atoms with E-state index in [1.807, 2.05) is 30.3 Å². The average Bonchev–Trinajstić information content (AvgIpc) is 2.90. The molecule has 4 fully saturated rings. The van der Waals surface area contributed by atoms with Crippen molar-refractivity contribution in [3.63, 3.8) is 0 Å². The van der Waals surface area contributed by atoms with Gasteiger partial charge in [-0.25, -0.2) is 9.79 Å². The third kappa shape index (κ3) is 1.81. The lowest BCUT2D eigenvalue weighted by atomic mass is 9.48. The Morgan fingerprint density at radius 1 is 0.955 bits per heavy atom. The molecular weight excluding hydrogens is 274 g/mol. The number of cyclic esters (lactones) is 1. The lowest BCUT2D eigenvalue weighted by molar-refractivity contribution is -0.144. The van der Waals surface area contributed by atoms with Crippen LogP contribution >= 0.6 is 0 Å². The van der Waals surface area contributed by atoms with E-state index in [0.29, 0.717) is 5.90 Å². The largest absolute Gasteiger partial charge is 0.406 e. The van der Waals surface area contributed by atoms with Gasteiger partial charge in [0.1, 0.15) is 0 Å². The van der Waals surface area contributed by atoms with Crippen LogP contribution in [0.5, 0.6) is 0 Å². The van der Waals surface area contributed by atoms with E-state index < -0.39 is 0 Å². The van der Waals surface area contributed by atoms with Crippen LogP contribution in [0.4, 0.5) is 0 Å². The smallest absolute Gasteiger partial charge is 0.338 e. The van der Waals surface area contributed by atoms with Crippen molar-refractivity contribution < 1.29 is 9.53 Å². The van der Waals surface area contributed by atoms with Crippen molar-refractivity contribution in [2.75, 3.05) is 0 Å². The van der Waals surface area contributed by atoms with Crippen LogP contribution < -0.4 is 0 Å². The summed E-state index contributed by atoms with van der Waals surface area (Å²) in [7, 11) is 0. The fourth-order valence-electron chi connectivity index (χ4n) is 5.96. The highest BCUT2D eigenvalue weighted by Crippen LogP contribution is 2.62. The quantitative estimate of drug-likeness (QED) is 0.782. The molecule has 1 aromatic carbocycles. The zero-order valence-electron chi connectivity index (χ0n) is 12.7. The molecular formula is C19H21NO2. The molecule has 4 bridgehead atoms. The maximum absolute atomic E-state index is 12.5. The SMILES string of the molecule is O=C1OC(c2ccccc2)=N[C@@H]1C12CC3CC(CC(C3)C1)C2. The number of hydrogen-bond acceptors (Lipinski definition) is 3. The monoisotopic (exact) mass is 295 g/mol. The predicted octanol–water partition coefficient (Wildman–Crippen LogP) is 3.58. The normalized spacial score (nSPS) is 42.4. The van der Waals surface area contributed by atoms with Gasteiger partial charge in [-0.05, 0) is 68.4 Å². The maximum Gasteiger partial charge on any atom is 0.338 e. The number of rotatable bonds is 2. The Balaban J connectivity index is 1.50. The van der Waals surface area contributed by atoms with Crippen LogP contribution in [0.15, 0.2) is 35.3 Å². The molecule has 0 unspecified atom stereocenters. The van der Waals surface area contributed by atoms with Gasteiger partial charge in [0, 0.05) is 11.0 Å². The highest BCUT2D eigenvalue weighted by Gasteiger charge is 2.58. The highest BCUT2D eigenvalue weighted by molar-refractivity contribution is 6.06. The van der Waals surface area contributed by atoms with Crippen molar-refractivity contribution in [2.24, 2.45) is 28.2 Å². The summed E-state index contributed by atoms with van der Waals surface area (Å²) >= 11 is 0. The number of hydrogen-bond donors (Lipinski definition) is 0. The first-order valence-corrected chi connectivity index (χ1v) is 8.57. The lowest BCUT2D eigenvalue weighted by Crippen LogP contribution is -2.52. The van der Waals surface area contributed by atoms with E-state index >= 15 is 0 Å². The average molecular weight is 295 g/mol. The van der Waals surface area contributed by atoms with Gasteiger partial charge >= 0.3 is 5.97 Å². The van der Waals surface area contributed by atoms with Crippen molar-refractivity contribution in [1.82, 2.24) is 0 Å². The van der Waals surface area contributed by atoms with Crippen LogP contribution in [-0.4, -0.2) is 17.9 Å². The van der Waals surface area contributed by atoms with Gasteiger partial charge < -0.3 is 4.74 Å². The van der Waals surface area contributed by atoms with Crippen LogP contribution in [0.25, 0.3) is 0 Å². The van der Waals surface area contributed by atoms with E-state index in [9.17, 15) is 4.79 Å². The van der Waals surface area contributed by atoms with E-state index in [0.717, 1.165) is 23.3 Å². The Kier molecular flexibility index (Phi) is 2.59. The summed E-state index contributed by atoms with van der Waals surface area (Å²) in [4.78, 5) is 17.3. The lowest BCUT2D eigenvalue weighted by Gasteiger charge is -2.57. The summed E-state index contributed by atoms with van der Waals surface area (Å²) in [6.07, 6.45) is 7.71. The molecule has 0 saturated heterocycles. The molecule has 0 amide bonds. The van der Waals surface area contributed by atoms with E-state index in [1.54, 1.807) is 0 Å². The summed E-state index contributed by atoms with van der Waals surface area (Å²) in [6, 6.07) is 9.57. The van der Waals surface area contributed by atoms with Crippen LogP contribution in [0, 0.1) is 23.2 Å². The van der Waals surface area contributed by atoms with Crippen molar-refractivity contribution in [3.05, 3.63) is 35.9 Å². The minimum atomic E-state index is -0.254. The van der Waals surface area contributed by atoms with Crippen LogP contribution in [0.2, 0.25) is 0 Å². The Morgan fingerprint density at radius 2 is 1.55 bits per heavy atom. The number of aliphatic imine (C=N–C) groups is 1. The van der Waals surface area contributed by atoms with E-state index in [4.69, 9.17) is 9.73 Å². The van der Waals surface area contributed by atoms with Gasteiger partial charge in [-0.3, -0.25) is 0 Å². The van der Waals surface area contributed by atoms with Gasteiger partial charge in [-0.2, -0.15) is 0 Å². The Labute approximate surface area is 130 Å². The molecule has 1 aliphatic heterocycles. The topological polar surface area (TPSA) is 38.7 Å². The van der Waals surface area contributed by atoms with Crippen LogP contribution in [0.1, 0.15) is 44.1 Å². The number of carbonyl (C=O) groups excluding carboxylic acids is 1. The van der Waals surface area contributed by atoms with Gasteiger partial charge in [-0.15, -0.1) is 0 Å². The second-order valence-electron chi connectivity index (χ2n) is 7.90. The molecule has 6 rings (SSSR count). The third-order valence-electron chi connectivity index (χ3n) is 6.35. The summed E-state index contributed by atoms with van der Waals surface area (Å²) in [5, 5.41) is 0. The predicted molar refractivity (Wildman–Crippen MR) is 83.5 cm³/mol. The molecule has 1 aromatic rings. The van der Waals surface area contributed by atoms with Crippen molar-refractivity contribution in [1.29, 1.82) is 0 Å². The van der Waals surface area contributed by atoms with E-state index in [2.05, 4.69) is 0 Å². The van der Waals surface area contributed by atoms with Crippen LogP contribution in [-0.2, 0) is 9.53 Å². The Morgan fingerprint density at radius 3 is 2.14 bits per heavy atom. The van der Waals surface area contributed by atoms with E-state index in [-0.39, 0.29) is 17.4 Å². The molecule has 0 spiro atoms. The number of esters is 1. The second-order valence-corrected chi connectivity index (χ2v) is 7.90. The molecule has 4 saturated carbocycles. The summed E-state index contributed by atoms with van der Waals surface area (Å²) in [6.45, 7) is 0. The molecule has 3 nitrogen and oxygen atoms in total. The zero-order chi connectivity index (χ0) is 14.7. The third-order valence-corrected chi connectivity index (χ3v) is 6.35. The van der Waals surface area contributed by atoms with Gasteiger partial charge in [0.15, 0.2) is 6.04 Å². The molecule has 1 atom stereocenters. The van der Waals surface area contributed by atoms with Gasteiger partial charge in [-0.1, -0.05) is 18.2 Å². The molecule has 1 heterocycles. The maximum atomic E-state index is 12.5. The standard InChI is InChI=1S/C19H21NO2/c21-18-16(20-17(22-18)15-4-2-1-3-5-15)19-9-12-6-13(10-19)8-14(7-12)11-19/h1-5,12-14,16H,6-11H2/t12?,13?,14?,16-,19?/m0/s1. The second kappa shape index (κ2) is 4.43. The fourth-order valence-corrected chi connectivity index (χ4v) is 5.96. The van der Waals surface area contributed by atoms with E-state index in [1.165, 1.54) is 38.5 Å². The molecule has 0 N–H and O–H groups in total. The Hall–Kier alpha value is -1.64. The molecule has 114 valence electrons. The van der Waals surface area contributed by atoms with Gasteiger partial charge in [0.05, 0.1) is 0 Å². The molecule has 5 aliphatic rings. The zero-order valence-corrected chi connectivity index (χ0v) is 12.7. The highest BCUT2D eigenvalue weighted by atomic mass is 16.6. The number of ether oxygens (including phenoxy) is 1. The summed E-state index contributed by atoms with van der Waals surface area (Å²) < 4.78 is 5.56. The number of benzene rings is 1. The molecule has 3 heteroatoms. The Bertz CT molecular complexity index is 613. The van der Waals surface area contributed by atoms with Crippen LogP contribution in [0.3, 0.4) is 0 Å². The first kappa shape index (κ1) is 12.9. The first-order valence-electron chi connectivity index (χ1n) is 8.57.